The van der Waals surface area contributed by atoms with Gasteiger partial charge >= 0.3 is 6.09 Å². The van der Waals surface area contributed by atoms with Crippen molar-refractivity contribution in [2.24, 2.45) is 5.73 Å². The van der Waals surface area contributed by atoms with E-state index in [1.165, 1.54) is 7.11 Å². The number of hydrogen-bond donors (Lipinski definition) is 1. The zero-order valence-electron chi connectivity index (χ0n) is 5.12. The second-order valence-electron chi connectivity index (χ2n) is 1.22. The molecule has 0 aliphatic heterocycles. The van der Waals surface area contributed by atoms with E-state index >= 15 is 0 Å². The van der Waals surface area contributed by atoms with Gasteiger partial charge in [-0.2, -0.15) is 4.89 Å². The summed E-state index contributed by atoms with van der Waals surface area (Å²) >= 11 is 0. The smallest absolute Gasteiger partial charge is 0.382 e. The third kappa shape index (κ3) is 7.19. The quantitative estimate of drug-likeness (QED) is 0.325. The van der Waals surface area contributed by atoms with Crippen molar-refractivity contribution in [1.29, 1.82) is 0 Å². The molecule has 0 aromatic carbocycles. The standard InChI is InChI=1S/C4H9NO4/c1-7-2-3-8-9-4(5)6/h2-3H2,1H3,(H2,5,6). The topological polar surface area (TPSA) is 70.8 Å². The van der Waals surface area contributed by atoms with Crippen molar-refractivity contribution in [1.82, 2.24) is 0 Å². The molecule has 5 heteroatoms. The Morgan fingerprint density at radius 2 is 2.22 bits per heavy atom. The highest BCUT2D eigenvalue weighted by molar-refractivity contribution is 5.63. The van der Waals surface area contributed by atoms with Crippen molar-refractivity contribution in [3.63, 3.8) is 0 Å². The Morgan fingerprint density at radius 1 is 1.56 bits per heavy atom. The van der Waals surface area contributed by atoms with Crippen LogP contribution >= 0.6 is 0 Å². The van der Waals surface area contributed by atoms with E-state index in [2.05, 4.69) is 20.2 Å². The van der Waals surface area contributed by atoms with Crippen LogP contribution in [-0.2, 0) is 14.5 Å². The van der Waals surface area contributed by atoms with E-state index < -0.39 is 6.09 Å². The minimum atomic E-state index is -0.953. The molecular formula is C4H9NO4. The normalized spacial score (nSPS) is 9.00. The Balaban J connectivity index is 2.83. The molecule has 0 saturated carbocycles. The maximum atomic E-state index is 9.80. The van der Waals surface area contributed by atoms with Crippen molar-refractivity contribution in [3.8, 4) is 0 Å². The molecule has 0 spiro atoms. The number of ether oxygens (including phenoxy) is 1. The van der Waals surface area contributed by atoms with Gasteiger partial charge in [-0.3, -0.25) is 4.89 Å². The number of primary amides is 1. The van der Waals surface area contributed by atoms with Crippen molar-refractivity contribution >= 4 is 6.09 Å². The van der Waals surface area contributed by atoms with Crippen molar-refractivity contribution in [3.05, 3.63) is 0 Å². The zero-order valence-corrected chi connectivity index (χ0v) is 5.12. The molecule has 0 aromatic rings. The molecule has 1 amide bonds. The molecule has 0 saturated heterocycles. The molecule has 2 N–H and O–H groups in total. The molecule has 0 fully saturated rings. The number of carbonyl (C=O) groups excluding carboxylic acids is 1. The van der Waals surface area contributed by atoms with Crippen molar-refractivity contribution in [2.75, 3.05) is 20.3 Å². The molecule has 0 aliphatic carbocycles. The minimum absolute atomic E-state index is 0.194. The highest BCUT2D eigenvalue weighted by Crippen LogP contribution is 1.77. The second-order valence-corrected chi connectivity index (χ2v) is 1.22. The van der Waals surface area contributed by atoms with Gasteiger partial charge in [0.2, 0.25) is 0 Å². The van der Waals surface area contributed by atoms with Crippen LogP contribution in [0.2, 0.25) is 0 Å². The molecule has 0 aliphatic rings. The van der Waals surface area contributed by atoms with Gasteiger partial charge in [0, 0.05) is 7.11 Å². The van der Waals surface area contributed by atoms with Crippen LogP contribution in [0, 0.1) is 0 Å². The highest BCUT2D eigenvalue weighted by Gasteiger charge is 1.91. The Kier molecular flexibility index (Phi) is 4.85. The molecule has 9 heavy (non-hydrogen) atoms. The van der Waals surface area contributed by atoms with Crippen LogP contribution in [0.1, 0.15) is 0 Å². The first-order valence-corrected chi connectivity index (χ1v) is 2.35. The van der Waals surface area contributed by atoms with E-state index in [0.29, 0.717) is 6.61 Å². The lowest BCUT2D eigenvalue weighted by atomic mass is 10.8. The van der Waals surface area contributed by atoms with E-state index in [1.54, 1.807) is 0 Å². The summed E-state index contributed by atoms with van der Waals surface area (Å²) in [7, 11) is 1.51. The van der Waals surface area contributed by atoms with Gasteiger partial charge in [-0.05, 0) is 0 Å². The van der Waals surface area contributed by atoms with E-state index in [4.69, 9.17) is 0 Å². The average molecular weight is 135 g/mol. The fraction of sp³-hybridized carbons (Fsp3) is 0.750. The molecule has 0 radical (unpaired) electrons. The highest BCUT2D eigenvalue weighted by atomic mass is 17.2. The van der Waals surface area contributed by atoms with Gasteiger partial charge in [0.1, 0.15) is 6.61 Å². The molecule has 0 unspecified atom stereocenters. The summed E-state index contributed by atoms with van der Waals surface area (Å²) in [4.78, 5) is 17.9. The SMILES string of the molecule is COCCOOC(N)=O. The number of carbonyl (C=O) groups is 1. The summed E-state index contributed by atoms with van der Waals surface area (Å²) in [5.74, 6) is 0. The molecule has 5 nitrogen and oxygen atoms in total. The summed E-state index contributed by atoms with van der Waals surface area (Å²) < 4.78 is 4.57. The monoisotopic (exact) mass is 135 g/mol. The minimum Gasteiger partial charge on any atom is -0.382 e. The van der Waals surface area contributed by atoms with Crippen molar-refractivity contribution < 1.29 is 19.3 Å². The fourth-order valence-corrected chi connectivity index (χ4v) is 0.217. The Morgan fingerprint density at radius 3 is 2.67 bits per heavy atom. The first-order valence-electron chi connectivity index (χ1n) is 2.35. The lowest BCUT2D eigenvalue weighted by Gasteiger charge is -1.97. The zero-order chi connectivity index (χ0) is 7.11. The average Bonchev–Trinajstić information content (AvgIpc) is 1.80. The number of amides is 1. The van der Waals surface area contributed by atoms with Crippen molar-refractivity contribution in [2.45, 2.75) is 0 Å². The number of nitrogens with two attached hydrogens (primary N) is 1. The van der Waals surface area contributed by atoms with E-state index in [9.17, 15) is 4.79 Å². The number of hydrogen-bond acceptors (Lipinski definition) is 4. The summed E-state index contributed by atoms with van der Waals surface area (Å²) in [5, 5.41) is 0. The Hall–Kier alpha value is -0.810. The van der Waals surface area contributed by atoms with Gasteiger partial charge < -0.3 is 10.5 Å². The summed E-state index contributed by atoms with van der Waals surface area (Å²) in [6, 6.07) is 0. The van der Waals surface area contributed by atoms with Crippen LogP contribution in [0.5, 0.6) is 0 Å². The first-order chi connectivity index (χ1) is 4.27. The first kappa shape index (κ1) is 8.19. The summed E-state index contributed by atoms with van der Waals surface area (Å²) in [5.41, 5.74) is 4.55. The van der Waals surface area contributed by atoms with E-state index in [1.807, 2.05) is 0 Å². The third-order valence-electron chi connectivity index (χ3n) is 0.512. The third-order valence-corrected chi connectivity index (χ3v) is 0.512. The molecule has 54 valence electrons. The van der Waals surface area contributed by atoms with Crippen LogP contribution in [0.15, 0.2) is 0 Å². The largest absolute Gasteiger partial charge is 0.436 e. The Labute approximate surface area is 52.6 Å². The predicted molar refractivity (Wildman–Crippen MR) is 28.5 cm³/mol. The van der Waals surface area contributed by atoms with Gasteiger partial charge in [0.15, 0.2) is 0 Å². The fourth-order valence-electron chi connectivity index (χ4n) is 0.217. The second kappa shape index (κ2) is 5.33. The van der Waals surface area contributed by atoms with Gasteiger partial charge in [-0.25, -0.2) is 4.79 Å². The molecule has 0 bridgehead atoms. The lowest BCUT2D eigenvalue weighted by molar-refractivity contribution is -0.241. The molecule has 0 rings (SSSR count). The molecule has 0 aromatic heterocycles. The van der Waals surface area contributed by atoms with Crippen LogP contribution in [0.3, 0.4) is 0 Å². The Bertz CT molecular complexity index is 84.6. The molecule has 0 atom stereocenters. The lowest BCUT2D eigenvalue weighted by Crippen LogP contribution is -2.15. The van der Waals surface area contributed by atoms with Crippen LogP contribution < -0.4 is 5.73 Å². The maximum absolute atomic E-state index is 9.80. The number of rotatable bonds is 4. The molecular weight excluding hydrogens is 126 g/mol. The summed E-state index contributed by atoms with van der Waals surface area (Å²) in [6.07, 6.45) is -0.953. The van der Waals surface area contributed by atoms with E-state index in [0.717, 1.165) is 0 Å². The van der Waals surface area contributed by atoms with E-state index in [-0.39, 0.29) is 6.61 Å². The summed E-state index contributed by atoms with van der Waals surface area (Å²) in [6.45, 7) is 0.562. The predicted octanol–water partition coefficient (Wildman–Crippen LogP) is -0.340. The van der Waals surface area contributed by atoms with Gasteiger partial charge in [-0.15, -0.1) is 0 Å². The molecule has 0 heterocycles. The van der Waals surface area contributed by atoms with Crippen LogP contribution in [0.4, 0.5) is 4.79 Å². The van der Waals surface area contributed by atoms with Gasteiger partial charge in [0.25, 0.3) is 0 Å². The number of methoxy groups -OCH3 is 1. The van der Waals surface area contributed by atoms with Crippen LogP contribution in [0.25, 0.3) is 0 Å². The van der Waals surface area contributed by atoms with Crippen LogP contribution in [-0.4, -0.2) is 26.4 Å². The maximum Gasteiger partial charge on any atom is 0.436 e. The van der Waals surface area contributed by atoms with Gasteiger partial charge in [0.05, 0.1) is 6.61 Å². The van der Waals surface area contributed by atoms with Gasteiger partial charge in [-0.1, -0.05) is 0 Å².